The first-order valence-corrected chi connectivity index (χ1v) is 7.95. The summed E-state index contributed by atoms with van der Waals surface area (Å²) in [6, 6.07) is 5.40. The van der Waals surface area contributed by atoms with E-state index in [0.29, 0.717) is 18.2 Å². The number of hydrogen-bond acceptors (Lipinski definition) is 5. The second-order valence-corrected chi connectivity index (χ2v) is 6.19. The molecule has 23 heavy (non-hydrogen) atoms. The van der Waals surface area contributed by atoms with Crippen molar-refractivity contribution in [3.63, 3.8) is 0 Å². The van der Waals surface area contributed by atoms with Gasteiger partial charge in [0.05, 0.1) is 6.10 Å². The van der Waals surface area contributed by atoms with E-state index < -0.39 is 0 Å². The molecule has 0 saturated carbocycles. The first-order valence-electron chi connectivity index (χ1n) is 7.95. The highest BCUT2D eigenvalue weighted by molar-refractivity contribution is 5.92. The number of carbonyl (C=O) groups is 1. The topological polar surface area (TPSA) is 84.0 Å². The van der Waals surface area contributed by atoms with E-state index in [9.17, 15) is 4.79 Å². The van der Waals surface area contributed by atoms with Gasteiger partial charge in [0.2, 0.25) is 0 Å². The minimum absolute atomic E-state index is 0.0233. The summed E-state index contributed by atoms with van der Waals surface area (Å²) >= 11 is 0. The zero-order valence-electron chi connectivity index (χ0n) is 13.0. The summed E-state index contributed by atoms with van der Waals surface area (Å²) in [5.74, 6) is 1.96. The number of nitrogens with one attached hydrogen (secondary N) is 1. The lowest BCUT2D eigenvalue weighted by molar-refractivity contribution is -0.00698. The summed E-state index contributed by atoms with van der Waals surface area (Å²) in [5.41, 5.74) is 0.491. The van der Waals surface area contributed by atoms with Gasteiger partial charge < -0.3 is 9.64 Å². The normalized spacial score (nSPS) is 27.0. The van der Waals surface area contributed by atoms with E-state index in [1.54, 1.807) is 12.3 Å². The van der Waals surface area contributed by atoms with E-state index in [-0.39, 0.29) is 18.1 Å². The van der Waals surface area contributed by atoms with Gasteiger partial charge in [0.1, 0.15) is 17.6 Å². The van der Waals surface area contributed by atoms with Crippen molar-refractivity contribution >= 4 is 5.91 Å². The summed E-state index contributed by atoms with van der Waals surface area (Å²) in [7, 11) is 0. The van der Waals surface area contributed by atoms with Gasteiger partial charge in [-0.05, 0) is 37.8 Å². The highest BCUT2D eigenvalue weighted by Crippen LogP contribution is 2.40. The van der Waals surface area contributed by atoms with Crippen molar-refractivity contribution < 1.29 is 9.53 Å². The van der Waals surface area contributed by atoms with Crippen LogP contribution in [0.1, 0.15) is 41.1 Å². The lowest BCUT2D eigenvalue weighted by atomic mass is 9.91. The van der Waals surface area contributed by atoms with Crippen molar-refractivity contribution in [3.05, 3.63) is 41.7 Å². The molecule has 2 aromatic heterocycles. The molecular weight excluding hydrogens is 294 g/mol. The van der Waals surface area contributed by atoms with E-state index in [2.05, 4.69) is 20.2 Å². The van der Waals surface area contributed by atoms with E-state index in [1.807, 2.05) is 24.0 Å². The van der Waals surface area contributed by atoms with Crippen LogP contribution in [-0.2, 0) is 4.74 Å². The molecule has 1 amide bonds. The monoisotopic (exact) mass is 313 g/mol. The van der Waals surface area contributed by atoms with Crippen LogP contribution >= 0.6 is 0 Å². The number of rotatable bonds is 2. The van der Waals surface area contributed by atoms with Gasteiger partial charge in [-0.1, -0.05) is 6.07 Å². The Bertz CT molecular complexity index is 702. The molecule has 3 atom stereocenters. The number of likely N-dealkylation sites (tertiary alicyclic amines) is 1. The predicted octanol–water partition coefficient (Wildman–Crippen LogP) is 1.50. The van der Waals surface area contributed by atoms with Crippen LogP contribution in [-0.4, -0.2) is 50.2 Å². The van der Waals surface area contributed by atoms with Crippen molar-refractivity contribution in [2.45, 2.75) is 32.0 Å². The number of carbonyl (C=O) groups excluding carboxylic acids is 1. The summed E-state index contributed by atoms with van der Waals surface area (Å²) in [6.07, 6.45) is 3.50. The molecule has 0 spiro atoms. The Hall–Kier alpha value is -2.28. The van der Waals surface area contributed by atoms with Gasteiger partial charge in [-0.15, -0.1) is 0 Å². The van der Waals surface area contributed by atoms with Crippen LogP contribution in [0.3, 0.4) is 0 Å². The van der Waals surface area contributed by atoms with Crippen molar-refractivity contribution in [2.75, 3.05) is 13.1 Å². The summed E-state index contributed by atoms with van der Waals surface area (Å²) in [4.78, 5) is 22.9. The molecule has 2 aromatic rings. The number of aromatic nitrogens is 4. The zero-order valence-corrected chi connectivity index (χ0v) is 13.0. The highest BCUT2D eigenvalue weighted by atomic mass is 16.5. The molecular formula is C16H19N5O2. The van der Waals surface area contributed by atoms with Crippen LogP contribution in [0, 0.1) is 12.8 Å². The maximum absolute atomic E-state index is 12.5. The average Bonchev–Trinajstić information content (AvgIpc) is 3.20. The third kappa shape index (κ3) is 2.72. The van der Waals surface area contributed by atoms with E-state index >= 15 is 0 Å². The van der Waals surface area contributed by atoms with E-state index in [0.717, 1.165) is 31.0 Å². The molecule has 4 heterocycles. The maximum atomic E-state index is 12.5. The van der Waals surface area contributed by atoms with Gasteiger partial charge in [0, 0.05) is 19.3 Å². The van der Waals surface area contributed by atoms with Crippen molar-refractivity contribution in [1.82, 2.24) is 25.1 Å². The predicted molar refractivity (Wildman–Crippen MR) is 81.6 cm³/mol. The van der Waals surface area contributed by atoms with Crippen LogP contribution < -0.4 is 0 Å². The Labute approximate surface area is 134 Å². The molecule has 0 aliphatic carbocycles. The fourth-order valence-corrected chi connectivity index (χ4v) is 3.44. The lowest BCUT2D eigenvalue weighted by Crippen LogP contribution is -2.45. The zero-order chi connectivity index (χ0) is 15.8. The van der Waals surface area contributed by atoms with Crippen LogP contribution in [0.25, 0.3) is 0 Å². The van der Waals surface area contributed by atoms with E-state index in [1.165, 1.54) is 0 Å². The standard InChI is InChI=1S/C16H19N5O2/c1-10-18-15(20-19-10)13-8-11-5-7-21(9-14(11)23-13)16(22)12-4-2-3-6-17-12/h2-4,6,11,13-14H,5,7-9H2,1H3,(H,18,19,20)/t11-,13+,14+/m1/s1. The number of nitrogens with zero attached hydrogens (tertiary/aromatic N) is 4. The molecule has 0 unspecified atom stereocenters. The molecule has 0 radical (unpaired) electrons. The Morgan fingerprint density at radius 1 is 1.43 bits per heavy atom. The van der Waals surface area contributed by atoms with Crippen molar-refractivity contribution in [1.29, 1.82) is 0 Å². The Kier molecular flexibility index (Phi) is 3.57. The largest absolute Gasteiger partial charge is 0.365 e. The number of aromatic amines is 1. The average molecular weight is 313 g/mol. The molecule has 4 rings (SSSR count). The Morgan fingerprint density at radius 2 is 2.35 bits per heavy atom. The number of fused-ring (bicyclic) bond motifs is 1. The van der Waals surface area contributed by atoms with Gasteiger partial charge in [0.15, 0.2) is 5.82 Å². The minimum Gasteiger partial charge on any atom is -0.365 e. The summed E-state index contributed by atoms with van der Waals surface area (Å²) in [6.45, 7) is 3.24. The number of H-pyrrole nitrogens is 1. The fourth-order valence-electron chi connectivity index (χ4n) is 3.44. The third-order valence-electron chi connectivity index (χ3n) is 4.63. The molecule has 2 fully saturated rings. The number of aryl methyl sites for hydroxylation is 1. The van der Waals surface area contributed by atoms with E-state index in [4.69, 9.17) is 4.74 Å². The van der Waals surface area contributed by atoms with Gasteiger partial charge in [-0.2, -0.15) is 5.10 Å². The molecule has 0 bridgehead atoms. The molecule has 2 aliphatic heterocycles. The maximum Gasteiger partial charge on any atom is 0.272 e. The number of ether oxygens (including phenoxy) is 1. The highest BCUT2D eigenvalue weighted by Gasteiger charge is 2.42. The SMILES string of the molecule is Cc1nc([C@@H]2C[C@H]3CCN(C(=O)c4ccccn4)C[C@@H]3O2)n[nH]1. The van der Waals surface area contributed by atoms with Crippen LogP contribution in [0.15, 0.2) is 24.4 Å². The number of pyridine rings is 1. The summed E-state index contributed by atoms with van der Waals surface area (Å²) < 4.78 is 6.12. The van der Waals surface area contributed by atoms with Crippen molar-refractivity contribution in [2.24, 2.45) is 5.92 Å². The van der Waals surface area contributed by atoms with Gasteiger partial charge in [-0.3, -0.25) is 14.9 Å². The van der Waals surface area contributed by atoms with Gasteiger partial charge in [0.25, 0.3) is 5.91 Å². The van der Waals surface area contributed by atoms with Gasteiger partial charge >= 0.3 is 0 Å². The molecule has 2 saturated heterocycles. The summed E-state index contributed by atoms with van der Waals surface area (Å²) in [5, 5.41) is 7.07. The molecule has 7 nitrogen and oxygen atoms in total. The molecule has 1 N–H and O–H groups in total. The number of hydrogen-bond donors (Lipinski definition) is 1. The molecule has 0 aromatic carbocycles. The van der Waals surface area contributed by atoms with Crippen molar-refractivity contribution in [3.8, 4) is 0 Å². The minimum atomic E-state index is -0.0696. The smallest absolute Gasteiger partial charge is 0.272 e. The second-order valence-electron chi connectivity index (χ2n) is 6.19. The number of amides is 1. The third-order valence-corrected chi connectivity index (χ3v) is 4.63. The molecule has 7 heteroatoms. The Balaban J connectivity index is 1.44. The fraction of sp³-hybridized carbons (Fsp3) is 0.500. The lowest BCUT2D eigenvalue weighted by Gasteiger charge is -2.33. The number of piperidine rings is 1. The first-order chi connectivity index (χ1) is 11.2. The van der Waals surface area contributed by atoms with Crippen LogP contribution in [0.2, 0.25) is 0 Å². The van der Waals surface area contributed by atoms with Crippen LogP contribution in [0.5, 0.6) is 0 Å². The molecule has 2 aliphatic rings. The van der Waals surface area contributed by atoms with Crippen LogP contribution in [0.4, 0.5) is 0 Å². The second kappa shape index (κ2) is 5.73. The first kappa shape index (κ1) is 14.3. The Morgan fingerprint density at radius 3 is 3.09 bits per heavy atom. The van der Waals surface area contributed by atoms with Gasteiger partial charge in [-0.25, -0.2) is 4.98 Å². The molecule has 120 valence electrons. The quantitative estimate of drug-likeness (QED) is 0.908.